The Morgan fingerprint density at radius 3 is 2.53 bits per heavy atom. The molecule has 0 radical (unpaired) electrons. The largest absolute Gasteiger partial charge is 0.508 e. The minimum Gasteiger partial charge on any atom is -0.508 e. The highest BCUT2D eigenvalue weighted by atomic mass is 16.5. The fraction of sp³-hybridized carbons (Fsp3) is 0.500. The van der Waals surface area contributed by atoms with Gasteiger partial charge >= 0.3 is 0 Å². The van der Waals surface area contributed by atoms with E-state index in [0.717, 1.165) is 24.2 Å². The maximum atomic E-state index is 12.9. The maximum Gasteiger partial charge on any atom is 0.273 e. The average Bonchev–Trinajstić information content (AvgIpc) is 3.49. The van der Waals surface area contributed by atoms with Crippen LogP contribution in [0, 0.1) is 5.92 Å². The predicted molar refractivity (Wildman–Crippen MR) is 110 cm³/mol. The third-order valence-electron chi connectivity index (χ3n) is 5.93. The Bertz CT molecular complexity index is 883. The highest BCUT2D eigenvalue weighted by molar-refractivity contribution is 5.92. The Labute approximate surface area is 175 Å². The lowest BCUT2D eigenvalue weighted by atomic mass is 9.96. The van der Waals surface area contributed by atoms with E-state index in [-0.39, 0.29) is 36.1 Å². The van der Waals surface area contributed by atoms with E-state index in [1.54, 1.807) is 18.2 Å². The zero-order chi connectivity index (χ0) is 21.1. The summed E-state index contributed by atoms with van der Waals surface area (Å²) in [7, 11) is 0. The molecule has 0 unspecified atom stereocenters. The van der Waals surface area contributed by atoms with Crippen LogP contribution in [-0.4, -0.2) is 52.7 Å². The molecule has 2 fully saturated rings. The molecule has 4 N–H and O–H groups in total. The van der Waals surface area contributed by atoms with Gasteiger partial charge in [0.2, 0.25) is 5.91 Å². The van der Waals surface area contributed by atoms with Crippen LogP contribution >= 0.6 is 0 Å². The Balaban J connectivity index is 1.26. The Hall–Kier alpha value is -2.87. The van der Waals surface area contributed by atoms with Gasteiger partial charge in [-0.2, -0.15) is 0 Å². The Kier molecular flexibility index (Phi) is 6.03. The number of piperidine rings is 1. The molecule has 0 spiro atoms. The third kappa shape index (κ3) is 4.81. The van der Waals surface area contributed by atoms with Crippen molar-refractivity contribution in [2.24, 2.45) is 11.7 Å². The molecule has 2 aromatic rings. The fourth-order valence-electron chi connectivity index (χ4n) is 3.91. The molecule has 2 heterocycles. The van der Waals surface area contributed by atoms with Crippen molar-refractivity contribution in [1.82, 2.24) is 15.4 Å². The summed E-state index contributed by atoms with van der Waals surface area (Å²) < 4.78 is 5.25. The van der Waals surface area contributed by atoms with Crippen molar-refractivity contribution < 1.29 is 19.2 Å². The predicted octanol–water partition coefficient (Wildman–Crippen LogP) is 1.80. The van der Waals surface area contributed by atoms with E-state index in [0.29, 0.717) is 44.0 Å². The zero-order valence-electron chi connectivity index (χ0n) is 16.9. The molecule has 0 bridgehead atoms. The van der Waals surface area contributed by atoms with E-state index in [9.17, 15) is 14.7 Å². The normalized spacial score (nSPS) is 18.2. The van der Waals surface area contributed by atoms with Crippen LogP contribution in [-0.2, 0) is 11.2 Å². The second-order valence-electron chi connectivity index (χ2n) is 8.27. The number of nitrogens with zero attached hydrogens (tertiary/aromatic N) is 2. The van der Waals surface area contributed by atoms with Crippen LogP contribution < -0.4 is 11.1 Å². The van der Waals surface area contributed by atoms with Gasteiger partial charge in [0.25, 0.3) is 5.91 Å². The summed E-state index contributed by atoms with van der Waals surface area (Å²) in [4.78, 5) is 27.2. The first-order valence-electron chi connectivity index (χ1n) is 10.6. The molecule has 1 saturated heterocycles. The number of hydrogen-bond donors (Lipinski definition) is 3. The van der Waals surface area contributed by atoms with Crippen molar-refractivity contribution >= 4 is 11.8 Å². The molecule has 30 heavy (non-hydrogen) atoms. The molecule has 8 heteroatoms. The van der Waals surface area contributed by atoms with Crippen molar-refractivity contribution in [2.75, 3.05) is 19.6 Å². The number of nitrogens with two attached hydrogens (primary N) is 1. The number of likely N-dealkylation sites (tertiary alicyclic amines) is 1. The standard InChI is InChI=1S/C22H28N4O4/c23-13-16(11-14-1-5-18(27)6-2-14)22(29)26-9-7-17(8-10-26)24-21(28)19-12-20(30-25-19)15-3-4-15/h1-2,5-6,12,15-17,27H,3-4,7-11,13,23H2,(H,24,28)/t16-/m1/s1. The highest BCUT2D eigenvalue weighted by Gasteiger charge is 2.31. The third-order valence-corrected chi connectivity index (χ3v) is 5.93. The second-order valence-corrected chi connectivity index (χ2v) is 8.27. The summed E-state index contributed by atoms with van der Waals surface area (Å²) >= 11 is 0. The summed E-state index contributed by atoms with van der Waals surface area (Å²) in [5, 5.41) is 16.3. The number of nitrogens with one attached hydrogen (secondary N) is 1. The molecule has 1 aliphatic heterocycles. The van der Waals surface area contributed by atoms with Gasteiger partial charge in [-0.15, -0.1) is 0 Å². The molecule has 8 nitrogen and oxygen atoms in total. The quantitative estimate of drug-likeness (QED) is 0.637. The van der Waals surface area contributed by atoms with Gasteiger partial charge < -0.3 is 25.6 Å². The molecule has 2 aliphatic rings. The summed E-state index contributed by atoms with van der Waals surface area (Å²) in [6.45, 7) is 1.44. The molecule has 4 rings (SSSR count). The van der Waals surface area contributed by atoms with Crippen LogP contribution in [0.3, 0.4) is 0 Å². The Morgan fingerprint density at radius 1 is 1.20 bits per heavy atom. The van der Waals surface area contributed by atoms with Gasteiger partial charge in [0.15, 0.2) is 5.69 Å². The van der Waals surface area contributed by atoms with Gasteiger partial charge in [0, 0.05) is 37.7 Å². The minimum atomic E-state index is -0.295. The van der Waals surface area contributed by atoms with Crippen molar-refractivity contribution in [1.29, 1.82) is 0 Å². The lowest BCUT2D eigenvalue weighted by molar-refractivity contribution is -0.136. The van der Waals surface area contributed by atoms with Gasteiger partial charge in [-0.25, -0.2) is 0 Å². The number of amides is 2. The van der Waals surface area contributed by atoms with Gasteiger partial charge in [0.1, 0.15) is 11.5 Å². The topological polar surface area (TPSA) is 122 Å². The lowest BCUT2D eigenvalue weighted by Gasteiger charge is -2.34. The van der Waals surface area contributed by atoms with Crippen molar-refractivity contribution in [2.45, 2.75) is 44.1 Å². The van der Waals surface area contributed by atoms with Crippen molar-refractivity contribution in [3.8, 4) is 5.75 Å². The van der Waals surface area contributed by atoms with Gasteiger partial charge in [-0.05, 0) is 49.8 Å². The molecule has 1 saturated carbocycles. The van der Waals surface area contributed by atoms with Crippen LogP contribution in [0.5, 0.6) is 5.75 Å². The summed E-state index contributed by atoms with van der Waals surface area (Å²) in [6.07, 6.45) is 4.13. The average molecular weight is 412 g/mol. The van der Waals surface area contributed by atoms with E-state index in [2.05, 4.69) is 10.5 Å². The molecule has 2 amide bonds. The maximum absolute atomic E-state index is 12.9. The molecule has 160 valence electrons. The van der Waals surface area contributed by atoms with Crippen LogP contribution in [0.4, 0.5) is 0 Å². The monoisotopic (exact) mass is 412 g/mol. The molecule has 1 aliphatic carbocycles. The van der Waals surface area contributed by atoms with Crippen LogP contribution in [0.2, 0.25) is 0 Å². The van der Waals surface area contributed by atoms with Crippen LogP contribution in [0.1, 0.15) is 53.4 Å². The number of hydrogen-bond acceptors (Lipinski definition) is 6. The molecule has 1 aromatic heterocycles. The number of aromatic nitrogens is 1. The summed E-state index contributed by atoms with van der Waals surface area (Å²) in [5.74, 6) is 0.945. The number of benzene rings is 1. The van der Waals surface area contributed by atoms with E-state index >= 15 is 0 Å². The van der Waals surface area contributed by atoms with E-state index in [1.807, 2.05) is 17.0 Å². The van der Waals surface area contributed by atoms with E-state index in [1.165, 1.54) is 0 Å². The van der Waals surface area contributed by atoms with Gasteiger partial charge in [-0.1, -0.05) is 17.3 Å². The van der Waals surface area contributed by atoms with E-state index < -0.39 is 0 Å². The van der Waals surface area contributed by atoms with Crippen molar-refractivity contribution in [3.05, 3.63) is 47.3 Å². The number of carbonyl (C=O) groups excluding carboxylic acids is 2. The first-order chi connectivity index (χ1) is 14.5. The minimum absolute atomic E-state index is 0.0102. The zero-order valence-corrected chi connectivity index (χ0v) is 16.9. The molecule has 1 aromatic carbocycles. The summed E-state index contributed by atoms with van der Waals surface area (Å²) in [6, 6.07) is 8.60. The van der Waals surface area contributed by atoms with Crippen LogP contribution in [0.15, 0.2) is 34.9 Å². The SMILES string of the molecule is NC[C@@H](Cc1ccc(O)cc1)C(=O)N1CCC(NC(=O)c2cc(C3CC3)on2)CC1. The van der Waals surface area contributed by atoms with Crippen LogP contribution in [0.25, 0.3) is 0 Å². The first kappa shape index (κ1) is 20.4. The fourth-order valence-corrected chi connectivity index (χ4v) is 3.91. The highest BCUT2D eigenvalue weighted by Crippen LogP contribution is 2.40. The number of aromatic hydroxyl groups is 1. The van der Waals surface area contributed by atoms with E-state index in [4.69, 9.17) is 10.3 Å². The Morgan fingerprint density at radius 2 is 1.90 bits per heavy atom. The number of phenols is 1. The van der Waals surface area contributed by atoms with Gasteiger partial charge in [0.05, 0.1) is 5.92 Å². The van der Waals surface area contributed by atoms with Crippen molar-refractivity contribution in [3.63, 3.8) is 0 Å². The first-order valence-corrected chi connectivity index (χ1v) is 10.6. The molecular weight excluding hydrogens is 384 g/mol. The molecular formula is C22H28N4O4. The number of rotatable bonds is 7. The second kappa shape index (κ2) is 8.87. The number of phenolic OH excluding ortho intramolecular Hbond substituents is 1. The lowest BCUT2D eigenvalue weighted by Crippen LogP contribution is -2.49. The van der Waals surface area contributed by atoms with Gasteiger partial charge in [-0.3, -0.25) is 9.59 Å². The molecule has 1 atom stereocenters. The number of carbonyl (C=O) groups is 2. The summed E-state index contributed by atoms with van der Waals surface area (Å²) in [5.41, 5.74) is 7.17. The smallest absolute Gasteiger partial charge is 0.273 e.